The van der Waals surface area contributed by atoms with E-state index in [9.17, 15) is 26.4 Å². The van der Waals surface area contributed by atoms with Gasteiger partial charge in [0.15, 0.2) is 0 Å². The van der Waals surface area contributed by atoms with E-state index in [1.807, 2.05) is 0 Å². The molecule has 146 valence electrons. The second-order valence-electron chi connectivity index (χ2n) is 7.44. The van der Waals surface area contributed by atoms with E-state index in [0.29, 0.717) is 25.7 Å². The molecule has 0 heterocycles. The van der Waals surface area contributed by atoms with Gasteiger partial charge in [-0.25, -0.2) is 16.8 Å². The molecule has 25 heavy (non-hydrogen) atoms. The summed E-state index contributed by atoms with van der Waals surface area (Å²) in [6.45, 7) is 8.32. The van der Waals surface area contributed by atoms with Crippen molar-refractivity contribution in [3.8, 4) is 0 Å². The number of amides is 2. The van der Waals surface area contributed by atoms with Gasteiger partial charge in [0.1, 0.15) is 0 Å². The lowest BCUT2D eigenvalue weighted by molar-refractivity contribution is -0.123. The maximum Gasteiger partial charge on any atom is 0.240 e. The zero-order chi connectivity index (χ0) is 19.6. The van der Waals surface area contributed by atoms with E-state index in [1.54, 1.807) is 34.6 Å². The highest BCUT2D eigenvalue weighted by Crippen LogP contribution is 2.42. The average molecular weight is 397 g/mol. The zero-order valence-corrected chi connectivity index (χ0v) is 17.0. The predicted molar refractivity (Wildman–Crippen MR) is 94.5 cm³/mol. The number of carbonyl (C=O) groups excluding carboxylic acids is 2. The van der Waals surface area contributed by atoms with Crippen LogP contribution in [-0.4, -0.2) is 38.6 Å². The van der Waals surface area contributed by atoms with E-state index in [0.717, 1.165) is 0 Å². The molecule has 2 saturated carbocycles. The van der Waals surface area contributed by atoms with Gasteiger partial charge in [0.25, 0.3) is 0 Å². The minimum atomic E-state index is -3.43. The van der Waals surface area contributed by atoms with Crippen molar-refractivity contribution in [3.05, 3.63) is 0 Å². The van der Waals surface area contributed by atoms with Crippen LogP contribution in [0.4, 0.5) is 0 Å². The molecule has 0 aromatic heterocycles. The van der Waals surface area contributed by atoms with Gasteiger partial charge in [-0.15, -0.1) is 0 Å². The first-order chi connectivity index (χ1) is 11.2. The molecule has 0 unspecified atom stereocenters. The molecule has 0 bridgehead atoms. The number of sulfonamides is 2. The van der Waals surface area contributed by atoms with Crippen LogP contribution in [0.3, 0.4) is 0 Å². The quantitative estimate of drug-likeness (QED) is 0.686. The lowest BCUT2D eigenvalue weighted by Crippen LogP contribution is -2.40. The van der Waals surface area contributed by atoms with E-state index in [4.69, 9.17) is 0 Å². The standard InChI is InChI=1S/C8H15NO3S.C7H13NO3S/c1-6(2)7(10)9-13(11,12)8(3)4-5-8;1-5(2)7(9)8-12(10,11)6-3-4-6/h6H,4-5H2,1-3H3,(H,9,10);5-6H,3-4H2,1-2H3,(H,8,9). The fourth-order valence-corrected chi connectivity index (χ4v) is 4.36. The second kappa shape index (κ2) is 7.61. The van der Waals surface area contributed by atoms with E-state index in [-0.39, 0.29) is 17.1 Å². The highest BCUT2D eigenvalue weighted by molar-refractivity contribution is 7.91. The van der Waals surface area contributed by atoms with Gasteiger partial charge in [-0.1, -0.05) is 27.7 Å². The zero-order valence-electron chi connectivity index (χ0n) is 15.3. The van der Waals surface area contributed by atoms with E-state index in [1.165, 1.54) is 0 Å². The molecule has 2 rings (SSSR count). The third-order valence-electron chi connectivity index (χ3n) is 4.09. The smallest absolute Gasteiger partial charge is 0.240 e. The first-order valence-electron chi connectivity index (χ1n) is 8.33. The predicted octanol–water partition coefficient (Wildman–Crippen LogP) is 0.892. The van der Waals surface area contributed by atoms with Gasteiger partial charge in [-0.2, -0.15) is 0 Å². The molecule has 0 atom stereocenters. The SMILES string of the molecule is CC(C)C(=O)NS(=O)(=O)C1(C)CC1.CC(C)C(=O)NS(=O)(=O)C1CC1. The highest BCUT2D eigenvalue weighted by atomic mass is 32.2. The van der Waals surface area contributed by atoms with Crippen LogP contribution < -0.4 is 9.44 Å². The Morgan fingerprint density at radius 2 is 1.28 bits per heavy atom. The maximum absolute atomic E-state index is 11.5. The minimum Gasteiger partial charge on any atom is -0.274 e. The largest absolute Gasteiger partial charge is 0.274 e. The third kappa shape index (κ3) is 6.25. The molecule has 0 aromatic carbocycles. The third-order valence-corrected chi connectivity index (χ3v) is 8.10. The van der Waals surface area contributed by atoms with Gasteiger partial charge in [0.05, 0.1) is 10.00 Å². The highest BCUT2D eigenvalue weighted by Gasteiger charge is 2.50. The van der Waals surface area contributed by atoms with Crippen LogP contribution in [-0.2, 0) is 29.6 Å². The lowest BCUT2D eigenvalue weighted by Gasteiger charge is -2.13. The Bertz CT molecular complexity index is 717. The van der Waals surface area contributed by atoms with E-state index < -0.39 is 36.6 Å². The Morgan fingerprint density at radius 3 is 1.60 bits per heavy atom. The van der Waals surface area contributed by atoms with Crippen molar-refractivity contribution in [1.82, 2.24) is 9.44 Å². The summed E-state index contributed by atoms with van der Waals surface area (Å²) in [7, 11) is -6.76. The summed E-state index contributed by atoms with van der Waals surface area (Å²) in [4.78, 5) is 22.1. The summed E-state index contributed by atoms with van der Waals surface area (Å²) in [5.74, 6) is -1.41. The van der Waals surface area contributed by atoms with Gasteiger partial charge >= 0.3 is 0 Å². The Labute approximate surface area is 150 Å². The van der Waals surface area contributed by atoms with Gasteiger partial charge in [-0.05, 0) is 32.6 Å². The fraction of sp³-hybridized carbons (Fsp3) is 0.867. The fourth-order valence-electron chi connectivity index (χ4n) is 1.54. The first kappa shape index (κ1) is 21.9. The second-order valence-corrected chi connectivity index (χ2v) is 11.6. The molecule has 0 saturated heterocycles. The van der Waals surface area contributed by atoms with Crippen molar-refractivity contribution in [2.75, 3.05) is 0 Å². The summed E-state index contributed by atoms with van der Waals surface area (Å²) in [5.41, 5.74) is 0. The van der Waals surface area contributed by atoms with Crippen molar-refractivity contribution >= 4 is 31.9 Å². The number of carbonyl (C=O) groups is 2. The molecule has 8 nitrogen and oxygen atoms in total. The normalized spacial score (nSPS) is 19.0. The lowest BCUT2D eigenvalue weighted by atomic mass is 10.2. The van der Waals surface area contributed by atoms with Crippen LogP contribution in [0, 0.1) is 11.8 Å². The van der Waals surface area contributed by atoms with E-state index in [2.05, 4.69) is 9.44 Å². The van der Waals surface area contributed by atoms with Crippen LogP contribution in [0.5, 0.6) is 0 Å². The van der Waals surface area contributed by atoms with Crippen molar-refractivity contribution in [2.45, 2.75) is 70.3 Å². The van der Waals surface area contributed by atoms with Crippen molar-refractivity contribution in [2.24, 2.45) is 11.8 Å². The molecule has 2 aliphatic rings. The van der Waals surface area contributed by atoms with Gasteiger partial charge in [0.2, 0.25) is 31.9 Å². The van der Waals surface area contributed by atoms with Gasteiger partial charge < -0.3 is 0 Å². The van der Waals surface area contributed by atoms with Gasteiger partial charge in [-0.3, -0.25) is 19.0 Å². The summed E-state index contributed by atoms with van der Waals surface area (Å²) in [5, 5.41) is -0.319. The Morgan fingerprint density at radius 1 is 0.880 bits per heavy atom. The minimum absolute atomic E-state index is 0.279. The number of rotatable bonds is 6. The number of nitrogens with one attached hydrogen (secondary N) is 2. The first-order valence-corrected chi connectivity index (χ1v) is 11.4. The summed E-state index contributed by atoms with van der Waals surface area (Å²) in [6, 6.07) is 0. The molecule has 2 N–H and O–H groups in total. The average Bonchev–Trinajstić information content (AvgIpc) is 3.32. The van der Waals surface area contributed by atoms with Crippen LogP contribution >= 0.6 is 0 Å². The molecule has 2 aliphatic carbocycles. The van der Waals surface area contributed by atoms with Crippen LogP contribution in [0.25, 0.3) is 0 Å². The molecule has 0 aliphatic heterocycles. The van der Waals surface area contributed by atoms with Crippen LogP contribution in [0.1, 0.15) is 60.3 Å². The summed E-state index contributed by atoms with van der Waals surface area (Å²) in [6.07, 6.45) is 2.66. The molecule has 0 aromatic rings. The molecule has 0 radical (unpaired) electrons. The number of hydrogen-bond donors (Lipinski definition) is 2. The van der Waals surface area contributed by atoms with Crippen molar-refractivity contribution in [1.29, 1.82) is 0 Å². The molecular formula is C15H28N2O6S2. The maximum atomic E-state index is 11.5. The summed E-state index contributed by atoms with van der Waals surface area (Å²) < 4.78 is 48.8. The Balaban J connectivity index is 0.000000251. The topological polar surface area (TPSA) is 126 Å². The van der Waals surface area contributed by atoms with E-state index >= 15 is 0 Å². The molecule has 2 fully saturated rings. The van der Waals surface area contributed by atoms with Gasteiger partial charge in [0, 0.05) is 11.8 Å². The van der Waals surface area contributed by atoms with Crippen LogP contribution in [0.15, 0.2) is 0 Å². The molecular weight excluding hydrogens is 368 g/mol. The number of hydrogen-bond acceptors (Lipinski definition) is 6. The Kier molecular flexibility index (Phi) is 6.66. The molecule has 0 spiro atoms. The molecule has 2 amide bonds. The van der Waals surface area contributed by atoms with Crippen molar-refractivity contribution < 1.29 is 26.4 Å². The summed E-state index contributed by atoms with van der Waals surface area (Å²) >= 11 is 0. The molecule has 10 heteroatoms. The monoisotopic (exact) mass is 396 g/mol. The van der Waals surface area contributed by atoms with Crippen LogP contribution in [0.2, 0.25) is 0 Å². The van der Waals surface area contributed by atoms with Crippen molar-refractivity contribution in [3.63, 3.8) is 0 Å². The Hall–Kier alpha value is -1.16.